The second kappa shape index (κ2) is 3.34. The van der Waals surface area contributed by atoms with Crippen LogP contribution in [0.2, 0.25) is 0 Å². The van der Waals surface area contributed by atoms with E-state index < -0.39 is 11.6 Å². The number of nitrogen functional groups attached to an aromatic ring is 1. The van der Waals surface area contributed by atoms with Crippen LogP contribution in [0, 0.1) is 11.6 Å². The van der Waals surface area contributed by atoms with Gasteiger partial charge in [-0.05, 0) is 18.2 Å². The van der Waals surface area contributed by atoms with Crippen molar-refractivity contribution in [3.63, 3.8) is 0 Å². The Morgan fingerprint density at radius 1 is 1.27 bits per heavy atom. The zero-order valence-electron chi connectivity index (χ0n) is 8.04. The summed E-state index contributed by atoms with van der Waals surface area (Å²) >= 11 is 0. The van der Waals surface area contributed by atoms with Gasteiger partial charge in [0.05, 0.1) is 11.3 Å². The first-order valence-electron chi connectivity index (χ1n) is 4.32. The van der Waals surface area contributed by atoms with Gasteiger partial charge in [-0.3, -0.25) is 4.68 Å². The molecule has 78 valence electrons. The Morgan fingerprint density at radius 2 is 1.87 bits per heavy atom. The van der Waals surface area contributed by atoms with Gasteiger partial charge >= 0.3 is 0 Å². The topological polar surface area (TPSA) is 43.8 Å². The van der Waals surface area contributed by atoms with Gasteiger partial charge in [0.25, 0.3) is 0 Å². The van der Waals surface area contributed by atoms with E-state index in [9.17, 15) is 8.78 Å². The van der Waals surface area contributed by atoms with Crippen LogP contribution in [-0.4, -0.2) is 9.78 Å². The zero-order valence-corrected chi connectivity index (χ0v) is 8.04. The van der Waals surface area contributed by atoms with E-state index >= 15 is 0 Å². The van der Waals surface area contributed by atoms with Crippen molar-refractivity contribution in [2.75, 3.05) is 5.73 Å². The molecule has 0 saturated heterocycles. The third-order valence-corrected chi connectivity index (χ3v) is 2.14. The highest BCUT2D eigenvalue weighted by molar-refractivity contribution is 5.63. The van der Waals surface area contributed by atoms with Crippen molar-refractivity contribution in [2.24, 2.45) is 7.05 Å². The maximum Gasteiger partial charge on any atom is 0.137 e. The monoisotopic (exact) mass is 209 g/mol. The molecule has 0 aliphatic carbocycles. The number of aromatic nitrogens is 2. The molecular weight excluding hydrogens is 200 g/mol. The van der Waals surface area contributed by atoms with Crippen LogP contribution in [0.1, 0.15) is 0 Å². The van der Waals surface area contributed by atoms with Crippen LogP contribution >= 0.6 is 0 Å². The van der Waals surface area contributed by atoms with Gasteiger partial charge in [0, 0.05) is 18.9 Å². The highest BCUT2D eigenvalue weighted by Gasteiger charge is 2.14. The summed E-state index contributed by atoms with van der Waals surface area (Å²) in [7, 11) is 1.62. The number of nitrogens with two attached hydrogens (primary N) is 1. The van der Waals surface area contributed by atoms with Crippen molar-refractivity contribution in [1.29, 1.82) is 0 Å². The number of halogens is 2. The Labute approximate surface area is 85.1 Å². The van der Waals surface area contributed by atoms with Crippen LogP contribution in [-0.2, 0) is 7.05 Å². The number of nitrogens with zero attached hydrogens (tertiary/aromatic N) is 2. The van der Waals surface area contributed by atoms with E-state index in [1.165, 1.54) is 16.9 Å². The Morgan fingerprint density at radius 3 is 2.33 bits per heavy atom. The van der Waals surface area contributed by atoms with Crippen molar-refractivity contribution in [2.45, 2.75) is 0 Å². The Bertz CT molecular complexity index is 482. The minimum atomic E-state index is -0.684. The molecule has 0 bridgehead atoms. The number of benzene rings is 1. The predicted molar refractivity (Wildman–Crippen MR) is 53.0 cm³/mol. The summed E-state index contributed by atoms with van der Waals surface area (Å²) in [6.07, 6.45) is 1.48. The quantitative estimate of drug-likeness (QED) is 0.729. The van der Waals surface area contributed by atoms with Crippen molar-refractivity contribution in [1.82, 2.24) is 9.78 Å². The molecule has 5 heteroatoms. The fraction of sp³-hybridized carbons (Fsp3) is 0.100. The molecule has 0 spiro atoms. The SMILES string of the molecule is Cn1nccc1-c1c(F)cc(N)cc1F. The van der Waals surface area contributed by atoms with Crippen LogP contribution in [0.4, 0.5) is 14.5 Å². The molecule has 1 aromatic heterocycles. The van der Waals surface area contributed by atoms with Gasteiger partial charge in [0.2, 0.25) is 0 Å². The molecule has 2 rings (SSSR count). The summed E-state index contributed by atoms with van der Waals surface area (Å²) in [5.41, 5.74) is 5.66. The minimum absolute atomic E-state index is 0.0657. The average Bonchev–Trinajstić information content (AvgIpc) is 2.50. The van der Waals surface area contributed by atoms with E-state index in [1.807, 2.05) is 0 Å². The fourth-order valence-electron chi connectivity index (χ4n) is 1.46. The van der Waals surface area contributed by atoms with Crippen LogP contribution in [0.15, 0.2) is 24.4 Å². The molecule has 15 heavy (non-hydrogen) atoms. The van der Waals surface area contributed by atoms with Crippen LogP contribution < -0.4 is 5.73 Å². The molecular formula is C10H9F2N3. The first-order chi connectivity index (χ1) is 7.09. The molecule has 0 aliphatic rings. The maximum atomic E-state index is 13.5. The Kier molecular flexibility index (Phi) is 2.15. The smallest absolute Gasteiger partial charge is 0.137 e. The minimum Gasteiger partial charge on any atom is -0.399 e. The maximum absolute atomic E-state index is 13.5. The number of anilines is 1. The van der Waals surface area contributed by atoms with Gasteiger partial charge in [-0.25, -0.2) is 8.78 Å². The van der Waals surface area contributed by atoms with Gasteiger partial charge in [-0.15, -0.1) is 0 Å². The lowest BCUT2D eigenvalue weighted by molar-refractivity contribution is 0.586. The van der Waals surface area contributed by atoms with Gasteiger partial charge in [-0.1, -0.05) is 0 Å². The van der Waals surface area contributed by atoms with E-state index in [4.69, 9.17) is 5.73 Å². The molecule has 3 nitrogen and oxygen atoms in total. The predicted octanol–water partition coefficient (Wildman–Crippen LogP) is 1.95. The third kappa shape index (κ3) is 1.56. The molecule has 1 aromatic carbocycles. The van der Waals surface area contributed by atoms with Crippen LogP contribution in [0.5, 0.6) is 0 Å². The second-order valence-electron chi connectivity index (χ2n) is 3.20. The Balaban J connectivity index is 2.68. The molecule has 2 aromatic rings. The van der Waals surface area contributed by atoms with Crippen molar-refractivity contribution in [3.8, 4) is 11.3 Å². The standard InChI is InChI=1S/C10H9F2N3/c1-15-9(2-3-14-15)10-7(11)4-6(13)5-8(10)12/h2-5H,13H2,1H3. The highest BCUT2D eigenvalue weighted by Crippen LogP contribution is 2.27. The number of rotatable bonds is 1. The summed E-state index contributed by atoms with van der Waals surface area (Å²) in [4.78, 5) is 0. The van der Waals surface area contributed by atoms with Gasteiger partial charge in [-0.2, -0.15) is 5.10 Å². The highest BCUT2D eigenvalue weighted by atomic mass is 19.1. The summed E-state index contributed by atoms with van der Waals surface area (Å²) in [6, 6.07) is 3.72. The van der Waals surface area contributed by atoms with Crippen molar-refractivity contribution >= 4 is 5.69 Å². The summed E-state index contributed by atoms with van der Waals surface area (Å²) in [5, 5.41) is 3.85. The van der Waals surface area contributed by atoms with E-state index in [0.717, 1.165) is 12.1 Å². The molecule has 0 unspecified atom stereocenters. The largest absolute Gasteiger partial charge is 0.399 e. The van der Waals surface area contributed by atoms with E-state index in [0.29, 0.717) is 5.69 Å². The lowest BCUT2D eigenvalue weighted by Gasteiger charge is -2.06. The van der Waals surface area contributed by atoms with Gasteiger partial charge in [0.1, 0.15) is 11.6 Å². The number of aryl methyl sites for hydroxylation is 1. The fourth-order valence-corrected chi connectivity index (χ4v) is 1.46. The van der Waals surface area contributed by atoms with Crippen LogP contribution in [0.3, 0.4) is 0 Å². The van der Waals surface area contributed by atoms with E-state index in [-0.39, 0.29) is 11.3 Å². The first kappa shape index (κ1) is 9.64. The first-order valence-corrected chi connectivity index (χ1v) is 4.32. The molecule has 0 saturated carbocycles. The lowest BCUT2D eigenvalue weighted by atomic mass is 10.1. The molecule has 0 amide bonds. The molecule has 0 aliphatic heterocycles. The van der Waals surface area contributed by atoms with Gasteiger partial charge in [0.15, 0.2) is 0 Å². The second-order valence-corrected chi connectivity index (χ2v) is 3.20. The van der Waals surface area contributed by atoms with Crippen molar-refractivity contribution in [3.05, 3.63) is 36.0 Å². The molecule has 0 atom stereocenters. The number of hydrogen-bond donors (Lipinski definition) is 1. The summed E-state index contributed by atoms with van der Waals surface area (Å²) in [6.45, 7) is 0. The van der Waals surface area contributed by atoms with Crippen LogP contribution in [0.25, 0.3) is 11.3 Å². The molecule has 2 N–H and O–H groups in total. The summed E-state index contributed by atoms with van der Waals surface area (Å²) in [5.74, 6) is -1.37. The van der Waals surface area contributed by atoms with E-state index in [1.54, 1.807) is 7.05 Å². The van der Waals surface area contributed by atoms with Gasteiger partial charge < -0.3 is 5.73 Å². The van der Waals surface area contributed by atoms with E-state index in [2.05, 4.69) is 5.10 Å². The lowest BCUT2D eigenvalue weighted by Crippen LogP contribution is -1.99. The normalized spacial score (nSPS) is 10.6. The van der Waals surface area contributed by atoms with Crippen molar-refractivity contribution < 1.29 is 8.78 Å². The molecule has 0 radical (unpaired) electrons. The number of hydrogen-bond acceptors (Lipinski definition) is 2. The Hall–Kier alpha value is -1.91. The summed E-state index contributed by atoms with van der Waals surface area (Å²) < 4.78 is 28.4. The third-order valence-electron chi connectivity index (χ3n) is 2.14. The molecule has 1 heterocycles. The molecule has 0 fully saturated rings. The average molecular weight is 209 g/mol. The zero-order chi connectivity index (χ0) is 11.0.